The molecule has 0 atom stereocenters. The van der Waals surface area contributed by atoms with Crippen LogP contribution < -0.4 is 0 Å². The molecule has 0 bridgehead atoms. The Morgan fingerprint density at radius 1 is 0.783 bits per heavy atom. The molecule has 0 saturated carbocycles. The molecule has 0 spiro atoms. The Morgan fingerprint density at radius 2 is 1.48 bits per heavy atom. The van der Waals surface area contributed by atoms with Crippen LogP contribution in [0.5, 0.6) is 0 Å². The van der Waals surface area contributed by atoms with Gasteiger partial charge in [-0.25, -0.2) is 9.59 Å². The third-order valence-corrected chi connectivity index (χ3v) is 3.41. The first-order valence-corrected chi connectivity index (χ1v) is 7.21. The van der Waals surface area contributed by atoms with Gasteiger partial charge >= 0.3 is 11.9 Å². The molecular formula is C20H14O3. The van der Waals surface area contributed by atoms with Gasteiger partial charge in [0.1, 0.15) is 0 Å². The van der Waals surface area contributed by atoms with Gasteiger partial charge in [0.2, 0.25) is 0 Å². The zero-order valence-electron chi connectivity index (χ0n) is 12.3. The number of hydrogen-bond donors (Lipinski definition) is 0. The molecule has 0 aromatic heterocycles. The first-order valence-electron chi connectivity index (χ1n) is 7.21. The maximum Gasteiger partial charge on any atom is 0.346 e. The molecule has 3 heteroatoms. The third-order valence-electron chi connectivity index (χ3n) is 3.41. The van der Waals surface area contributed by atoms with Crippen molar-refractivity contribution in [3.05, 3.63) is 90.0 Å². The lowest BCUT2D eigenvalue weighted by Crippen LogP contribution is -2.10. The first-order chi connectivity index (χ1) is 11.2. The number of esters is 2. The predicted molar refractivity (Wildman–Crippen MR) is 89.8 cm³/mol. The fraction of sp³-hybridized carbons (Fsp3) is 0. The molecule has 112 valence electrons. The van der Waals surface area contributed by atoms with Crippen LogP contribution in [0.15, 0.2) is 78.9 Å². The Labute approximate surface area is 133 Å². The maximum atomic E-state index is 12.2. The third kappa shape index (κ3) is 3.52. The highest BCUT2D eigenvalue weighted by atomic mass is 16.6. The molecule has 0 saturated heterocycles. The fourth-order valence-electron chi connectivity index (χ4n) is 2.31. The predicted octanol–water partition coefficient (Wildman–Crippen LogP) is 4.24. The van der Waals surface area contributed by atoms with Gasteiger partial charge in [0, 0.05) is 6.08 Å². The van der Waals surface area contributed by atoms with E-state index in [2.05, 4.69) is 0 Å². The van der Waals surface area contributed by atoms with Crippen molar-refractivity contribution in [1.29, 1.82) is 0 Å². The largest absolute Gasteiger partial charge is 0.386 e. The molecule has 0 fully saturated rings. The molecular weight excluding hydrogens is 288 g/mol. The molecule has 0 amide bonds. The minimum atomic E-state index is -0.688. The second kappa shape index (κ2) is 6.71. The zero-order chi connectivity index (χ0) is 16.1. The molecule has 23 heavy (non-hydrogen) atoms. The zero-order valence-corrected chi connectivity index (χ0v) is 12.3. The Balaban J connectivity index is 1.76. The SMILES string of the molecule is O=C(C=Cc1ccccc1)OC(=O)c1cccc2ccccc12. The van der Waals surface area contributed by atoms with Gasteiger partial charge in [-0.15, -0.1) is 0 Å². The van der Waals surface area contributed by atoms with Crippen LogP contribution in [0.1, 0.15) is 15.9 Å². The van der Waals surface area contributed by atoms with Crippen molar-refractivity contribution in [3.8, 4) is 0 Å². The molecule has 0 aliphatic heterocycles. The van der Waals surface area contributed by atoms with Crippen molar-refractivity contribution < 1.29 is 14.3 Å². The highest BCUT2D eigenvalue weighted by Gasteiger charge is 2.13. The minimum Gasteiger partial charge on any atom is -0.386 e. The van der Waals surface area contributed by atoms with E-state index in [-0.39, 0.29) is 0 Å². The van der Waals surface area contributed by atoms with Crippen molar-refractivity contribution in [1.82, 2.24) is 0 Å². The van der Waals surface area contributed by atoms with E-state index in [1.807, 2.05) is 60.7 Å². The topological polar surface area (TPSA) is 43.4 Å². The van der Waals surface area contributed by atoms with Gasteiger partial charge in [0.15, 0.2) is 0 Å². The normalized spacial score (nSPS) is 10.8. The fourth-order valence-corrected chi connectivity index (χ4v) is 2.31. The lowest BCUT2D eigenvalue weighted by atomic mass is 10.1. The Hall–Kier alpha value is -3.20. The lowest BCUT2D eigenvalue weighted by molar-refractivity contribution is -0.132. The lowest BCUT2D eigenvalue weighted by Gasteiger charge is -2.04. The van der Waals surface area contributed by atoms with Crippen molar-refractivity contribution in [3.63, 3.8) is 0 Å². The molecule has 0 unspecified atom stereocenters. The summed E-state index contributed by atoms with van der Waals surface area (Å²) < 4.78 is 4.90. The van der Waals surface area contributed by atoms with Crippen LogP contribution >= 0.6 is 0 Å². The summed E-state index contributed by atoms with van der Waals surface area (Å²) in [5.74, 6) is -1.34. The molecule has 3 rings (SSSR count). The van der Waals surface area contributed by atoms with Gasteiger partial charge in [-0.2, -0.15) is 0 Å². The Morgan fingerprint density at radius 3 is 2.30 bits per heavy atom. The number of hydrogen-bond acceptors (Lipinski definition) is 3. The summed E-state index contributed by atoms with van der Waals surface area (Å²) in [6.07, 6.45) is 2.86. The second-order valence-electron chi connectivity index (χ2n) is 4.98. The van der Waals surface area contributed by atoms with Gasteiger partial charge in [0.05, 0.1) is 5.56 Å². The van der Waals surface area contributed by atoms with Gasteiger partial charge in [-0.05, 0) is 28.5 Å². The smallest absolute Gasteiger partial charge is 0.346 e. The molecule has 3 aromatic rings. The first kappa shape index (κ1) is 14.7. The van der Waals surface area contributed by atoms with Crippen molar-refractivity contribution in [2.75, 3.05) is 0 Å². The average Bonchev–Trinajstić information content (AvgIpc) is 2.60. The van der Waals surface area contributed by atoms with Gasteiger partial charge in [0.25, 0.3) is 0 Å². The molecule has 0 aliphatic carbocycles. The molecule has 3 nitrogen and oxygen atoms in total. The highest BCUT2D eigenvalue weighted by Crippen LogP contribution is 2.19. The van der Waals surface area contributed by atoms with Crippen LogP contribution in [0.2, 0.25) is 0 Å². The van der Waals surface area contributed by atoms with Crippen LogP contribution in [-0.4, -0.2) is 11.9 Å². The van der Waals surface area contributed by atoms with Gasteiger partial charge in [-0.3, -0.25) is 0 Å². The van der Waals surface area contributed by atoms with Crippen molar-refractivity contribution in [2.45, 2.75) is 0 Å². The molecule has 0 aliphatic rings. The average molecular weight is 302 g/mol. The Kier molecular flexibility index (Phi) is 4.29. The summed E-state index contributed by atoms with van der Waals surface area (Å²) in [7, 11) is 0. The second-order valence-corrected chi connectivity index (χ2v) is 4.98. The Bertz CT molecular complexity index is 874. The number of benzene rings is 3. The summed E-state index contributed by atoms with van der Waals surface area (Å²) in [5, 5.41) is 1.69. The number of carbonyl (C=O) groups excluding carboxylic acids is 2. The van der Waals surface area contributed by atoms with Gasteiger partial charge in [-0.1, -0.05) is 66.7 Å². The van der Waals surface area contributed by atoms with E-state index in [1.54, 1.807) is 18.2 Å². The minimum absolute atomic E-state index is 0.379. The van der Waals surface area contributed by atoms with Crippen LogP contribution in [0, 0.1) is 0 Å². The summed E-state index contributed by atoms with van der Waals surface area (Å²) in [6, 6.07) is 22.1. The molecule has 0 heterocycles. The van der Waals surface area contributed by atoms with Crippen molar-refractivity contribution in [2.24, 2.45) is 0 Å². The number of fused-ring (bicyclic) bond motifs is 1. The summed E-state index contributed by atoms with van der Waals surface area (Å²) in [5.41, 5.74) is 1.24. The van der Waals surface area contributed by atoms with Crippen LogP contribution in [-0.2, 0) is 9.53 Å². The van der Waals surface area contributed by atoms with E-state index in [4.69, 9.17) is 4.74 Å². The van der Waals surface area contributed by atoms with E-state index in [9.17, 15) is 9.59 Å². The number of ether oxygens (including phenoxy) is 1. The monoisotopic (exact) mass is 302 g/mol. The van der Waals surface area contributed by atoms with Gasteiger partial charge < -0.3 is 4.74 Å². The van der Waals surface area contributed by atoms with Crippen LogP contribution in [0.4, 0.5) is 0 Å². The highest BCUT2D eigenvalue weighted by molar-refractivity contribution is 6.09. The van der Waals surface area contributed by atoms with E-state index in [0.717, 1.165) is 16.3 Å². The van der Waals surface area contributed by atoms with Crippen LogP contribution in [0.25, 0.3) is 16.8 Å². The van der Waals surface area contributed by atoms with Crippen molar-refractivity contribution >= 4 is 28.8 Å². The summed E-state index contributed by atoms with van der Waals surface area (Å²) >= 11 is 0. The summed E-state index contributed by atoms with van der Waals surface area (Å²) in [6.45, 7) is 0. The summed E-state index contributed by atoms with van der Waals surface area (Å²) in [4.78, 5) is 24.0. The van der Waals surface area contributed by atoms with E-state index >= 15 is 0 Å². The van der Waals surface area contributed by atoms with Crippen LogP contribution in [0.3, 0.4) is 0 Å². The van der Waals surface area contributed by atoms with E-state index in [1.165, 1.54) is 6.08 Å². The maximum absolute atomic E-state index is 12.2. The molecule has 0 N–H and O–H groups in total. The molecule has 0 radical (unpaired) electrons. The number of carbonyl (C=O) groups is 2. The number of rotatable bonds is 3. The molecule has 3 aromatic carbocycles. The van der Waals surface area contributed by atoms with E-state index in [0.29, 0.717) is 5.56 Å². The standard InChI is InChI=1S/C20H14O3/c21-19(14-13-15-7-2-1-3-8-15)23-20(22)18-12-6-10-16-9-4-5-11-17(16)18/h1-14H. The van der Waals surface area contributed by atoms with E-state index < -0.39 is 11.9 Å². The quantitative estimate of drug-likeness (QED) is 0.413.